The first kappa shape index (κ1) is 33.2. The third kappa shape index (κ3) is 4.93. The molecule has 3 aliphatic heterocycles. The van der Waals surface area contributed by atoms with E-state index in [0.29, 0.717) is 17.7 Å². The number of anilines is 3. The van der Waals surface area contributed by atoms with Crippen LogP contribution in [0.15, 0.2) is 103 Å². The molecule has 0 aliphatic carbocycles. The van der Waals surface area contributed by atoms with Crippen LogP contribution in [0.25, 0.3) is 10.8 Å². The summed E-state index contributed by atoms with van der Waals surface area (Å²) in [6, 6.07) is 33.7. The molecule has 3 heterocycles. The van der Waals surface area contributed by atoms with Gasteiger partial charge >= 0.3 is 0 Å². The van der Waals surface area contributed by atoms with Gasteiger partial charge in [-0.25, -0.2) is 0 Å². The van der Waals surface area contributed by atoms with E-state index in [4.69, 9.17) is 14.2 Å². The molecule has 8 rings (SSSR count). The summed E-state index contributed by atoms with van der Waals surface area (Å²) in [5.41, 5.74) is 3.51. The zero-order valence-corrected chi connectivity index (χ0v) is 30.6. The van der Waals surface area contributed by atoms with E-state index in [2.05, 4.69) is 32.2 Å². The Bertz CT molecular complexity index is 2180. The van der Waals surface area contributed by atoms with Gasteiger partial charge in [0.25, 0.3) is 11.8 Å². The van der Waals surface area contributed by atoms with Crippen LogP contribution in [0.2, 0.25) is 18.6 Å². The number of aliphatic hydroxyl groups is 1. The Kier molecular flexibility index (Phi) is 8.05. The summed E-state index contributed by atoms with van der Waals surface area (Å²) in [4.78, 5) is 32.5. The van der Waals surface area contributed by atoms with Gasteiger partial charge in [0.05, 0.1) is 51.9 Å². The van der Waals surface area contributed by atoms with E-state index in [1.165, 1.54) is 5.19 Å². The SMILES string of the molecule is COc1ccc([Si](C)(C)[C@@H]2[C@@H](CCO)O[C@]3(C(=O)N(Cc4cccc(N5C(=O)c6cccc7cccc5c67)c4)c4ccc(OC)cc43)[C@H]2C)cc1. The highest BCUT2D eigenvalue weighted by atomic mass is 28.3. The normalized spacial score (nSPS) is 22.4. The smallest absolute Gasteiger partial charge is 0.264 e. The molecule has 9 heteroatoms. The number of aliphatic hydroxyl groups excluding tert-OH is 1. The third-order valence-corrected chi connectivity index (χ3v) is 15.9. The van der Waals surface area contributed by atoms with Gasteiger partial charge in [0.15, 0.2) is 5.60 Å². The number of fused-ring (bicyclic) bond motifs is 2. The van der Waals surface area contributed by atoms with E-state index >= 15 is 4.79 Å². The van der Waals surface area contributed by atoms with Gasteiger partial charge in [-0.3, -0.25) is 14.5 Å². The minimum atomic E-state index is -2.31. The van der Waals surface area contributed by atoms with Crippen molar-refractivity contribution in [2.75, 3.05) is 30.6 Å². The summed E-state index contributed by atoms with van der Waals surface area (Å²) >= 11 is 0. The van der Waals surface area contributed by atoms with Gasteiger partial charge in [0.1, 0.15) is 11.5 Å². The highest BCUT2D eigenvalue weighted by Crippen LogP contribution is 2.60. The minimum Gasteiger partial charge on any atom is -0.497 e. The molecule has 5 aromatic rings. The lowest BCUT2D eigenvalue weighted by molar-refractivity contribution is -0.146. The molecule has 260 valence electrons. The van der Waals surface area contributed by atoms with Gasteiger partial charge in [0, 0.05) is 29.2 Å². The second kappa shape index (κ2) is 12.4. The number of carbonyl (C=O) groups is 2. The van der Waals surface area contributed by atoms with Crippen molar-refractivity contribution in [1.82, 2.24) is 0 Å². The van der Waals surface area contributed by atoms with Crippen LogP contribution in [0, 0.1) is 5.92 Å². The van der Waals surface area contributed by atoms with Crippen LogP contribution in [0.4, 0.5) is 17.1 Å². The maximum Gasteiger partial charge on any atom is 0.264 e. The van der Waals surface area contributed by atoms with Crippen LogP contribution in [-0.4, -0.2) is 51.9 Å². The zero-order valence-electron chi connectivity index (χ0n) is 29.6. The van der Waals surface area contributed by atoms with Crippen LogP contribution in [0.3, 0.4) is 0 Å². The van der Waals surface area contributed by atoms with Crippen molar-refractivity contribution in [2.24, 2.45) is 5.92 Å². The monoisotopic (exact) mass is 698 g/mol. The molecule has 1 fully saturated rings. The Morgan fingerprint density at radius 1 is 0.843 bits per heavy atom. The molecule has 51 heavy (non-hydrogen) atoms. The Morgan fingerprint density at radius 3 is 2.27 bits per heavy atom. The number of amides is 2. The third-order valence-electron chi connectivity index (χ3n) is 11.5. The van der Waals surface area contributed by atoms with Crippen molar-refractivity contribution in [1.29, 1.82) is 0 Å². The lowest BCUT2D eigenvalue weighted by Gasteiger charge is -2.37. The number of hydrogen-bond donors (Lipinski definition) is 1. The van der Waals surface area contributed by atoms with Crippen LogP contribution in [-0.2, 0) is 21.7 Å². The van der Waals surface area contributed by atoms with Crippen molar-refractivity contribution in [3.63, 3.8) is 0 Å². The van der Waals surface area contributed by atoms with Gasteiger partial charge in [0.2, 0.25) is 0 Å². The Balaban J connectivity index is 1.18. The van der Waals surface area contributed by atoms with Crippen molar-refractivity contribution in [3.05, 3.63) is 120 Å². The summed E-state index contributed by atoms with van der Waals surface area (Å²) in [6.45, 7) is 7.05. The second-order valence-electron chi connectivity index (χ2n) is 14.4. The van der Waals surface area contributed by atoms with Crippen molar-refractivity contribution < 1.29 is 28.9 Å². The highest BCUT2D eigenvalue weighted by Gasteiger charge is 2.66. The molecule has 5 aromatic carbocycles. The zero-order chi connectivity index (χ0) is 35.7. The molecule has 8 nitrogen and oxygen atoms in total. The fourth-order valence-corrected chi connectivity index (χ4v) is 13.2. The summed E-state index contributed by atoms with van der Waals surface area (Å²) in [5, 5.41) is 13.5. The number of rotatable bonds is 9. The number of hydrogen-bond acceptors (Lipinski definition) is 6. The Labute approximate surface area is 299 Å². The van der Waals surface area contributed by atoms with E-state index in [0.717, 1.165) is 44.7 Å². The molecular weight excluding hydrogens is 657 g/mol. The lowest BCUT2D eigenvalue weighted by Crippen LogP contribution is -2.51. The molecule has 0 saturated carbocycles. The van der Waals surface area contributed by atoms with Crippen LogP contribution >= 0.6 is 0 Å². The van der Waals surface area contributed by atoms with Crippen LogP contribution < -0.4 is 24.5 Å². The number of methoxy groups -OCH3 is 2. The molecule has 2 amide bonds. The first-order valence-electron chi connectivity index (χ1n) is 17.5. The van der Waals surface area contributed by atoms with Crippen molar-refractivity contribution in [3.8, 4) is 11.5 Å². The molecule has 0 bridgehead atoms. The number of carbonyl (C=O) groups excluding carboxylic acids is 2. The maximum atomic E-state index is 15.1. The molecular formula is C42H42N2O6Si. The van der Waals surface area contributed by atoms with Gasteiger partial charge in [-0.2, -0.15) is 0 Å². The molecule has 0 unspecified atom stereocenters. The number of nitrogens with zero attached hydrogens (tertiary/aromatic N) is 2. The van der Waals surface area contributed by atoms with E-state index in [1.807, 2.05) is 95.9 Å². The van der Waals surface area contributed by atoms with E-state index in [9.17, 15) is 9.90 Å². The molecule has 0 aromatic heterocycles. The van der Waals surface area contributed by atoms with Gasteiger partial charge in [-0.1, -0.05) is 73.7 Å². The van der Waals surface area contributed by atoms with Crippen LogP contribution in [0.1, 0.15) is 34.8 Å². The average Bonchev–Trinajstić information content (AvgIpc) is 3.70. The predicted molar refractivity (Wildman–Crippen MR) is 202 cm³/mol. The Morgan fingerprint density at radius 2 is 1.55 bits per heavy atom. The largest absolute Gasteiger partial charge is 0.497 e. The number of benzene rings is 5. The van der Waals surface area contributed by atoms with Gasteiger partial charge in [-0.05, 0) is 77.5 Å². The predicted octanol–water partition coefficient (Wildman–Crippen LogP) is 7.29. The fraction of sp³-hybridized carbons (Fsp3) is 0.286. The maximum absolute atomic E-state index is 15.1. The van der Waals surface area contributed by atoms with E-state index in [1.54, 1.807) is 19.1 Å². The van der Waals surface area contributed by atoms with Gasteiger partial charge in [-0.15, -0.1) is 0 Å². The summed E-state index contributed by atoms with van der Waals surface area (Å²) in [7, 11) is 0.976. The number of ether oxygens (including phenoxy) is 3. The highest BCUT2D eigenvalue weighted by molar-refractivity contribution is 6.91. The first-order valence-corrected chi connectivity index (χ1v) is 20.6. The quantitative estimate of drug-likeness (QED) is 0.163. The van der Waals surface area contributed by atoms with Crippen LogP contribution in [0.5, 0.6) is 11.5 Å². The van der Waals surface area contributed by atoms with E-state index in [-0.39, 0.29) is 42.5 Å². The summed E-state index contributed by atoms with van der Waals surface area (Å²) < 4.78 is 18.2. The molecule has 3 aliphatic rings. The van der Waals surface area contributed by atoms with E-state index < -0.39 is 13.7 Å². The topological polar surface area (TPSA) is 88.5 Å². The van der Waals surface area contributed by atoms with Crippen molar-refractivity contribution >= 4 is 52.9 Å². The average molecular weight is 699 g/mol. The summed E-state index contributed by atoms with van der Waals surface area (Å²) in [6.07, 6.45) is 0.0994. The lowest BCUT2D eigenvalue weighted by atomic mass is 9.82. The molecule has 4 atom stereocenters. The van der Waals surface area contributed by atoms with Gasteiger partial charge < -0.3 is 24.2 Å². The minimum absolute atomic E-state index is 0.0230. The molecule has 1 N–H and O–H groups in total. The first-order chi connectivity index (χ1) is 24.6. The standard InChI is InChI=1S/C42H42N2O6Si/c1-26-39(51(4,5)32-18-15-30(48-2)16-19-32)37(21-22-45)50-42(26)34-24-31(49-3)17-20-35(34)43(41(42)47)25-27-9-6-12-29(23-27)44-36-14-8-11-28-10-7-13-33(38(28)36)40(44)46/h6-20,23-24,26,37,39,45H,21-22,25H2,1-5H3/t26-,37+,39-,42+/m0/s1. The second-order valence-corrected chi connectivity index (χ2v) is 19.1. The molecule has 1 spiro atoms. The Hall–Kier alpha value is -4.96. The summed E-state index contributed by atoms with van der Waals surface area (Å²) in [5.74, 6) is 1.06. The molecule has 1 saturated heterocycles. The van der Waals surface area contributed by atoms with Crippen molar-refractivity contribution in [2.45, 2.75) is 50.2 Å². The fourth-order valence-electron chi connectivity index (χ4n) is 9.12. The molecule has 0 radical (unpaired) electrons.